The summed E-state index contributed by atoms with van der Waals surface area (Å²) >= 11 is 7.17. The summed E-state index contributed by atoms with van der Waals surface area (Å²) in [5.41, 5.74) is 2.41. The van der Waals surface area contributed by atoms with Crippen LogP contribution in [-0.4, -0.2) is 0 Å². The van der Waals surface area contributed by atoms with Crippen molar-refractivity contribution in [2.45, 2.75) is 19.4 Å². The van der Waals surface area contributed by atoms with Crippen molar-refractivity contribution in [1.29, 1.82) is 0 Å². The van der Waals surface area contributed by atoms with Crippen LogP contribution < -0.4 is 5.32 Å². The molecule has 1 unspecified atom stereocenters. The molecule has 3 heteroatoms. The number of nitrogens with one attached hydrogen (secondary N) is 1. The van der Waals surface area contributed by atoms with Gasteiger partial charge in [-0.1, -0.05) is 43.3 Å². The lowest BCUT2D eigenvalue weighted by Gasteiger charge is -2.20. The highest BCUT2D eigenvalue weighted by Gasteiger charge is 2.12. The average molecular weight is 369 g/mol. The van der Waals surface area contributed by atoms with E-state index in [-0.39, 0.29) is 0 Å². The van der Waals surface area contributed by atoms with E-state index in [1.54, 1.807) is 0 Å². The van der Waals surface area contributed by atoms with Gasteiger partial charge in [0.1, 0.15) is 0 Å². The van der Waals surface area contributed by atoms with Gasteiger partial charge in [0.05, 0.1) is 11.7 Å². The van der Waals surface area contributed by atoms with Crippen LogP contribution in [-0.2, 0) is 0 Å². The highest BCUT2D eigenvalue weighted by atomic mass is 79.9. The molecule has 0 saturated heterocycles. The third-order valence-electron chi connectivity index (χ3n) is 2.89. The van der Waals surface area contributed by atoms with E-state index in [0.717, 1.165) is 21.1 Å². The van der Waals surface area contributed by atoms with Gasteiger partial charge in [0.15, 0.2) is 0 Å². The SMILES string of the molecule is CCC(Nc1c(Br)cccc1Br)c1ccccc1. The highest BCUT2D eigenvalue weighted by molar-refractivity contribution is 9.11. The third kappa shape index (κ3) is 3.15. The Labute approximate surface area is 125 Å². The molecular formula is C15H15Br2N. The molecule has 1 nitrogen and oxygen atoms in total. The smallest absolute Gasteiger partial charge is 0.0633 e. The maximum Gasteiger partial charge on any atom is 0.0633 e. The zero-order valence-electron chi connectivity index (χ0n) is 10.2. The quantitative estimate of drug-likeness (QED) is 0.721. The average Bonchev–Trinajstić information content (AvgIpc) is 2.40. The number of hydrogen-bond acceptors (Lipinski definition) is 1. The molecule has 0 aliphatic carbocycles. The molecule has 2 aromatic rings. The summed E-state index contributed by atoms with van der Waals surface area (Å²) in [5.74, 6) is 0. The molecule has 0 amide bonds. The minimum absolute atomic E-state index is 0.321. The Hall–Kier alpha value is -0.800. The van der Waals surface area contributed by atoms with Crippen LogP contribution in [0.25, 0.3) is 0 Å². The molecule has 0 saturated carbocycles. The van der Waals surface area contributed by atoms with Crippen molar-refractivity contribution in [3.05, 3.63) is 63.0 Å². The van der Waals surface area contributed by atoms with Crippen molar-refractivity contribution in [3.63, 3.8) is 0 Å². The Bertz CT molecular complexity index is 491. The van der Waals surface area contributed by atoms with Gasteiger partial charge in [0, 0.05) is 8.95 Å². The maximum atomic E-state index is 3.59. The maximum absolute atomic E-state index is 3.59. The third-order valence-corrected chi connectivity index (χ3v) is 4.21. The van der Waals surface area contributed by atoms with Crippen molar-refractivity contribution < 1.29 is 0 Å². The van der Waals surface area contributed by atoms with Crippen LogP contribution in [0.1, 0.15) is 24.9 Å². The first-order valence-corrected chi connectivity index (χ1v) is 7.56. The van der Waals surface area contributed by atoms with Crippen molar-refractivity contribution >= 4 is 37.5 Å². The highest BCUT2D eigenvalue weighted by Crippen LogP contribution is 2.34. The lowest BCUT2D eigenvalue weighted by molar-refractivity contribution is 0.748. The second kappa shape index (κ2) is 6.39. The Morgan fingerprint density at radius 2 is 1.56 bits per heavy atom. The number of para-hydroxylation sites is 1. The Balaban J connectivity index is 2.26. The van der Waals surface area contributed by atoms with Crippen LogP contribution >= 0.6 is 31.9 Å². The summed E-state index contributed by atoms with van der Waals surface area (Å²) in [6, 6.07) is 16.9. The molecule has 0 bridgehead atoms. The van der Waals surface area contributed by atoms with Crippen LogP contribution in [0.15, 0.2) is 57.5 Å². The van der Waals surface area contributed by atoms with E-state index < -0.39 is 0 Å². The van der Waals surface area contributed by atoms with Crippen molar-refractivity contribution in [3.8, 4) is 0 Å². The van der Waals surface area contributed by atoms with Gasteiger partial charge in [-0.15, -0.1) is 0 Å². The molecule has 0 heterocycles. The zero-order valence-corrected chi connectivity index (χ0v) is 13.3. The van der Waals surface area contributed by atoms with Gasteiger partial charge >= 0.3 is 0 Å². The molecule has 1 atom stereocenters. The molecule has 0 radical (unpaired) electrons. The second-order valence-electron chi connectivity index (χ2n) is 4.11. The van der Waals surface area contributed by atoms with Gasteiger partial charge in [0.25, 0.3) is 0 Å². The zero-order chi connectivity index (χ0) is 13.0. The van der Waals surface area contributed by atoms with E-state index >= 15 is 0 Å². The molecule has 18 heavy (non-hydrogen) atoms. The molecule has 0 aliphatic rings. The number of benzene rings is 2. The van der Waals surface area contributed by atoms with Gasteiger partial charge in [-0.05, 0) is 56.0 Å². The summed E-state index contributed by atoms with van der Waals surface area (Å²) in [6.07, 6.45) is 1.04. The van der Waals surface area contributed by atoms with E-state index in [4.69, 9.17) is 0 Å². The fourth-order valence-electron chi connectivity index (χ4n) is 1.92. The van der Waals surface area contributed by atoms with E-state index in [1.807, 2.05) is 24.3 Å². The van der Waals surface area contributed by atoms with Crippen molar-refractivity contribution in [2.75, 3.05) is 5.32 Å². The number of rotatable bonds is 4. The second-order valence-corrected chi connectivity index (χ2v) is 5.82. The van der Waals surface area contributed by atoms with Gasteiger partial charge < -0.3 is 5.32 Å². The van der Waals surface area contributed by atoms with Gasteiger partial charge in [-0.2, -0.15) is 0 Å². The fraction of sp³-hybridized carbons (Fsp3) is 0.200. The fourth-order valence-corrected chi connectivity index (χ4v) is 3.14. The summed E-state index contributed by atoms with van der Waals surface area (Å²) in [6.45, 7) is 2.19. The van der Waals surface area contributed by atoms with Gasteiger partial charge in [0.2, 0.25) is 0 Å². The minimum Gasteiger partial charge on any atom is -0.376 e. The number of anilines is 1. The summed E-state index contributed by atoms with van der Waals surface area (Å²) in [4.78, 5) is 0. The monoisotopic (exact) mass is 367 g/mol. The largest absolute Gasteiger partial charge is 0.376 e. The Morgan fingerprint density at radius 3 is 2.11 bits per heavy atom. The van der Waals surface area contributed by atoms with Crippen molar-refractivity contribution in [2.24, 2.45) is 0 Å². The Morgan fingerprint density at radius 1 is 0.944 bits per heavy atom. The molecular weight excluding hydrogens is 354 g/mol. The predicted molar refractivity (Wildman–Crippen MR) is 84.9 cm³/mol. The topological polar surface area (TPSA) is 12.0 Å². The first-order valence-electron chi connectivity index (χ1n) is 5.98. The predicted octanol–water partition coefficient (Wildman–Crippen LogP) is 5.77. The van der Waals surface area contributed by atoms with Crippen LogP contribution in [0.3, 0.4) is 0 Å². The minimum atomic E-state index is 0.321. The number of halogens is 2. The van der Waals surface area contributed by atoms with E-state index in [0.29, 0.717) is 6.04 Å². The first-order chi connectivity index (χ1) is 8.72. The molecule has 0 fully saturated rings. The lowest BCUT2D eigenvalue weighted by Crippen LogP contribution is -2.10. The van der Waals surface area contributed by atoms with Crippen molar-refractivity contribution in [1.82, 2.24) is 0 Å². The molecule has 0 aliphatic heterocycles. The molecule has 94 valence electrons. The molecule has 2 aromatic carbocycles. The first kappa shape index (κ1) is 13.6. The van der Waals surface area contributed by atoms with E-state index in [2.05, 4.69) is 68.4 Å². The van der Waals surface area contributed by atoms with E-state index in [1.165, 1.54) is 5.56 Å². The molecule has 1 N–H and O–H groups in total. The normalized spacial score (nSPS) is 12.2. The van der Waals surface area contributed by atoms with Gasteiger partial charge in [-0.25, -0.2) is 0 Å². The Kier molecular flexibility index (Phi) is 4.84. The number of hydrogen-bond donors (Lipinski definition) is 1. The molecule has 2 rings (SSSR count). The van der Waals surface area contributed by atoms with Gasteiger partial charge in [-0.3, -0.25) is 0 Å². The van der Waals surface area contributed by atoms with Crippen LogP contribution in [0, 0.1) is 0 Å². The molecule has 0 aromatic heterocycles. The standard InChI is InChI=1S/C15H15Br2N/c1-2-14(11-7-4-3-5-8-11)18-15-12(16)9-6-10-13(15)17/h3-10,14,18H,2H2,1H3. The lowest BCUT2D eigenvalue weighted by atomic mass is 10.0. The summed E-state index contributed by atoms with van der Waals surface area (Å²) in [7, 11) is 0. The van der Waals surface area contributed by atoms with Crippen LogP contribution in [0.4, 0.5) is 5.69 Å². The van der Waals surface area contributed by atoms with Crippen LogP contribution in [0.2, 0.25) is 0 Å². The summed E-state index contributed by atoms with van der Waals surface area (Å²) < 4.78 is 2.15. The van der Waals surface area contributed by atoms with E-state index in [9.17, 15) is 0 Å². The molecule has 0 spiro atoms. The van der Waals surface area contributed by atoms with Crippen LogP contribution in [0.5, 0.6) is 0 Å². The summed E-state index contributed by atoms with van der Waals surface area (Å²) in [5, 5.41) is 3.59.